The standard InChI is InChI=1S/C18H24N4O4S/c1-13(26-15-6-4-5-14(11-15)24-3)17-19-20-18(21(17)2)27-12-16(23)22-7-9-25-10-8-22/h4-6,11,13H,7-10,12H2,1-3H3. The monoisotopic (exact) mass is 392 g/mol. The average molecular weight is 392 g/mol. The van der Waals surface area contributed by atoms with Crippen LogP contribution in [0.2, 0.25) is 0 Å². The van der Waals surface area contributed by atoms with Gasteiger partial charge in [-0.15, -0.1) is 10.2 Å². The number of carbonyl (C=O) groups excluding carboxylic acids is 1. The number of aromatic nitrogens is 3. The van der Waals surface area contributed by atoms with Gasteiger partial charge >= 0.3 is 0 Å². The molecule has 0 bridgehead atoms. The Kier molecular flexibility index (Phi) is 6.57. The second-order valence-corrected chi connectivity index (χ2v) is 7.06. The minimum Gasteiger partial charge on any atom is -0.497 e. The minimum absolute atomic E-state index is 0.0912. The second kappa shape index (κ2) is 9.09. The topological polar surface area (TPSA) is 78.7 Å². The van der Waals surface area contributed by atoms with Crippen LogP contribution in [0.15, 0.2) is 29.4 Å². The molecule has 1 fully saturated rings. The lowest BCUT2D eigenvalue weighted by atomic mass is 10.3. The highest BCUT2D eigenvalue weighted by atomic mass is 32.2. The first-order valence-corrected chi connectivity index (χ1v) is 9.75. The number of hydrogen-bond acceptors (Lipinski definition) is 7. The Morgan fingerprint density at radius 3 is 2.78 bits per heavy atom. The third-order valence-electron chi connectivity index (χ3n) is 4.27. The molecule has 1 atom stereocenters. The molecular weight excluding hydrogens is 368 g/mol. The number of methoxy groups -OCH3 is 1. The molecule has 1 aromatic heterocycles. The maximum atomic E-state index is 12.3. The van der Waals surface area contributed by atoms with Crippen molar-refractivity contribution in [3.63, 3.8) is 0 Å². The highest BCUT2D eigenvalue weighted by Crippen LogP contribution is 2.26. The molecule has 0 spiro atoms. The van der Waals surface area contributed by atoms with Crippen LogP contribution in [-0.4, -0.2) is 64.7 Å². The molecule has 8 nitrogen and oxygen atoms in total. The molecule has 1 saturated heterocycles. The molecule has 1 unspecified atom stereocenters. The maximum Gasteiger partial charge on any atom is 0.233 e. The Labute approximate surface area is 162 Å². The van der Waals surface area contributed by atoms with Gasteiger partial charge in [0.05, 0.1) is 26.1 Å². The highest BCUT2D eigenvalue weighted by Gasteiger charge is 2.20. The number of ether oxygens (including phenoxy) is 3. The predicted octanol–water partition coefficient (Wildman–Crippen LogP) is 1.91. The Morgan fingerprint density at radius 1 is 1.30 bits per heavy atom. The molecule has 2 aromatic rings. The summed E-state index contributed by atoms with van der Waals surface area (Å²) >= 11 is 1.38. The van der Waals surface area contributed by atoms with E-state index < -0.39 is 0 Å². The third kappa shape index (κ3) is 4.92. The fourth-order valence-corrected chi connectivity index (χ4v) is 3.59. The number of rotatable bonds is 7. The Hall–Kier alpha value is -2.26. The number of benzene rings is 1. The van der Waals surface area contributed by atoms with Crippen LogP contribution in [0, 0.1) is 0 Å². The molecule has 0 radical (unpaired) electrons. The van der Waals surface area contributed by atoms with E-state index in [0.29, 0.717) is 48.8 Å². The largest absolute Gasteiger partial charge is 0.497 e. The van der Waals surface area contributed by atoms with Crippen LogP contribution in [0.3, 0.4) is 0 Å². The molecule has 9 heteroatoms. The number of nitrogens with zero attached hydrogens (tertiary/aromatic N) is 4. The highest BCUT2D eigenvalue weighted by molar-refractivity contribution is 7.99. The van der Waals surface area contributed by atoms with Gasteiger partial charge < -0.3 is 23.7 Å². The predicted molar refractivity (Wildman–Crippen MR) is 101 cm³/mol. The van der Waals surface area contributed by atoms with Crippen LogP contribution in [0.25, 0.3) is 0 Å². The van der Waals surface area contributed by atoms with Crippen molar-refractivity contribution < 1.29 is 19.0 Å². The van der Waals surface area contributed by atoms with Gasteiger partial charge in [0.25, 0.3) is 0 Å². The fraction of sp³-hybridized carbons (Fsp3) is 0.500. The van der Waals surface area contributed by atoms with E-state index in [4.69, 9.17) is 14.2 Å². The van der Waals surface area contributed by atoms with Crippen LogP contribution >= 0.6 is 11.8 Å². The van der Waals surface area contributed by atoms with Crippen molar-refractivity contribution in [1.82, 2.24) is 19.7 Å². The summed E-state index contributed by atoms with van der Waals surface area (Å²) in [4.78, 5) is 14.1. The van der Waals surface area contributed by atoms with Crippen molar-refractivity contribution >= 4 is 17.7 Å². The van der Waals surface area contributed by atoms with Gasteiger partial charge in [-0.1, -0.05) is 17.8 Å². The number of morpholine rings is 1. The van der Waals surface area contributed by atoms with E-state index in [1.165, 1.54) is 11.8 Å². The van der Waals surface area contributed by atoms with Crippen molar-refractivity contribution in [2.75, 3.05) is 39.2 Å². The van der Waals surface area contributed by atoms with Crippen molar-refractivity contribution in [3.05, 3.63) is 30.1 Å². The molecule has 0 saturated carbocycles. The van der Waals surface area contributed by atoms with E-state index in [1.54, 1.807) is 7.11 Å². The molecule has 1 aliphatic heterocycles. The lowest BCUT2D eigenvalue weighted by Crippen LogP contribution is -2.41. The normalized spacial score (nSPS) is 15.4. The van der Waals surface area contributed by atoms with E-state index in [1.807, 2.05) is 47.7 Å². The molecule has 146 valence electrons. The van der Waals surface area contributed by atoms with E-state index in [2.05, 4.69) is 10.2 Å². The summed E-state index contributed by atoms with van der Waals surface area (Å²) in [6.45, 7) is 4.41. The molecule has 2 heterocycles. The van der Waals surface area contributed by atoms with Crippen LogP contribution in [0.5, 0.6) is 11.5 Å². The molecule has 1 aromatic carbocycles. The van der Waals surface area contributed by atoms with Gasteiger partial charge in [0.2, 0.25) is 5.91 Å². The van der Waals surface area contributed by atoms with Gasteiger partial charge in [-0.25, -0.2) is 0 Å². The fourth-order valence-electron chi connectivity index (χ4n) is 2.77. The van der Waals surface area contributed by atoms with E-state index in [0.717, 1.165) is 5.75 Å². The Bertz CT molecular complexity index is 776. The zero-order chi connectivity index (χ0) is 19.2. The van der Waals surface area contributed by atoms with Crippen LogP contribution in [0.4, 0.5) is 0 Å². The SMILES string of the molecule is COc1cccc(OC(C)c2nnc(SCC(=O)N3CCOCC3)n2C)c1. The summed E-state index contributed by atoms with van der Waals surface area (Å²) in [5.74, 6) is 2.54. The minimum atomic E-state index is -0.293. The molecule has 1 aliphatic rings. The molecule has 3 rings (SSSR count). The number of carbonyl (C=O) groups is 1. The molecule has 27 heavy (non-hydrogen) atoms. The lowest BCUT2D eigenvalue weighted by Gasteiger charge is -2.26. The second-order valence-electron chi connectivity index (χ2n) is 6.12. The van der Waals surface area contributed by atoms with Crippen molar-refractivity contribution in [1.29, 1.82) is 0 Å². The van der Waals surface area contributed by atoms with Gasteiger partial charge in [0.15, 0.2) is 17.1 Å². The maximum absolute atomic E-state index is 12.3. The van der Waals surface area contributed by atoms with Gasteiger partial charge in [0, 0.05) is 26.2 Å². The first-order chi connectivity index (χ1) is 13.1. The summed E-state index contributed by atoms with van der Waals surface area (Å²) in [5, 5.41) is 9.13. The van der Waals surface area contributed by atoms with Gasteiger partial charge in [0.1, 0.15) is 11.5 Å². The van der Waals surface area contributed by atoms with Crippen LogP contribution in [-0.2, 0) is 16.6 Å². The average Bonchev–Trinajstić information content (AvgIpc) is 3.07. The summed E-state index contributed by atoms with van der Waals surface area (Å²) in [5.41, 5.74) is 0. The zero-order valence-electron chi connectivity index (χ0n) is 15.8. The summed E-state index contributed by atoms with van der Waals surface area (Å²) < 4.78 is 18.3. The molecule has 1 amide bonds. The van der Waals surface area contributed by atoms with Crippen molar-refractivity contribution in [2.24, 2.45) is 7.05 Å². The van der Waals surface area contributed by atoms with E-state index in [-0.39, 0.29) is 12.0 Å². The molecular formula is C18H24N4O4S. The number of hydrogen-bond donors (Lipinski definition) is 0. The van der Waals surface area contributed by atoms with Crippen LogP contribution in [0.1, 0.15) is 18.9 Å². The van der Waals surface area contributed by atoms with Crippen molar-refractivity contribution in [3.8, 4) is 11.5 Å². The van der Waals surface area contributed by atoms with E-state index in [9.17, 15) is 4.79 Å². The number of amides is 1. The molecule has 0 aliphatic carbocycles. The Morgan fingerprint density at radius 2 is 2.04 bits per heavy atom. The smallest absolute Gasteiger partial charge is 0.233 e. The quantitative estimate of drug-likeness (QED) is 0.666. The van der Waals surface area contributed by atoms with Gasteiger partial charge in [-0.2, -0.15) is 0 Å². The zero-order valence-corrected chi connectivity index (χ0v) is 16.6. The lowest BCUT2D eigenvalue weighted by molar-refractivity contribution is -0.132. The van der Waals surface area contributed by atoms with Gasteiger partial charge in [-0.3, -0.25) is 4.79 Å². The summed E-state index contributed by atoms with van der Waals surface area (Å²) in [6.07, 6.45) is -0.293. The summed E-state index contributed by atoms with van der Waals surface area (Å²) in [7, 11) is 3.50. The van der Waals surface area contributed by atoms with Gasteiger partial charge in [-0.05, 0) is 19.1 Å². The Balaban J connectivity index is 1.59. The van der Waals surface area contributed by atoms with Crippen molar-refractivity contribution in [2.45, 2.75) is 18.2 Å². The van der Waals surface area contributed by atoms with Crippen LogP contribution < -0.4 is 9.47 Å². The first kappa shape index (κ1) is 19.5. The number of thioether (sulfide) groups is 1. The molecule has 0 N–H and O–H groups in total. The van der Waals surface area contributed by atoms with E-state index >= 15 is 0 Å². The summed E-state index contributed by atoms with van der Waals surface area (Å²) in [6, 6.07) is 7.42. The first-order valence-electron chi connectivity index (χ1n) is 8.77. The third-order valence-corrected chi connectivity index (χ3v) is 5.28.